The van der Waals surface area contributed by atoms with Gasteiger partial charge in [0.2, 0.25) is 0 Å². The molecule has 0 saturated carbocycles. The van der Waals surface area contributed by atoms with Crippen molar-refractivity contribution in [2.75, 3.05) is 17.6 Å². The molecule has 0 unspecified atom stereocenters. The zero-order chi connectivity index (χ0) is 14.9. The molecule has 0 bridgehead atoms. The lowest BCUT2D eigenvalue weighted by atomic mass is 10.2. The number of nitrogens with one attached hydrogen (secondary N) is 2. The number of aromatic nitrogens is 1. The van der Waals surface area contributed by atoms with E-state index in [1.54, 1.807) is 23.9 Å². The number of amides is 2. The van der Waals surface area contributed by atoms with Gasteiger partial charge in [0.1, 0.15) is 5.15 Å². The number of rotatable bonds is 6. The summed E-state index contributed by atoms with van der Waals surface area (Å²) in [6.45, 7) is 0.615. The average Bonchev–Trinajstić information content (AvgIpc) is 2.50. The third kappa shape index (κ3) is 6.06. The predicted octanol–water partition coefficient (Wildman–Crippen LogP) is 3.79. The van der Waals surface area contributed by atoms with Crippen molar-refractivity contribution in [2.24, 2.45) is 0 Å². The van der Waals surface area contributed by atoms with Crippen molar-refractivity contribution in [3.8, 4) is 0 Å². The summed E-state index contributed by atoms with van der Waals surface area (Å²) in [6.07, 6.45) is 1.52. The minimum absolute atomic E-state index is 0.237. The molecule has 0 fully saturated rings. The zero-order valence-corrected chi connectivity index (χ0v) is 13.0. The van der Waals surface area contributed by atoms with Crippen LogP contribution in [0.2, 0.25) is 5.15 Å². The van der Waals surface area contributed by atoms with Crippen molar-refractivity contribution in [2.45, 2.75) is 5.75 Å². The molecule has 0 aliphatic rings. The summed E-state index contributed by atoms with van der Waals surface area (Å²) in [7, 11) is 0. The molecule has 0 saturated heterocycles. The first-order valence-corrected chi connectivity index (χ1v) is 8.05. The molecule has 6 heteroatoms. The molecule has 21 heavy (non-hydrogen) atoms. The lowest BCUT2D eigenvalue weighted by Gasteiger charge is -2.07. The van der Waals surface area contributed by atoms with Gasteiger partial charge in [0.15, 0.2) is 0 Å². The van der Waals surface area contributed by atoms with Gasteiger partial charge in [-0.3, -0.25) is 0 Å². The molecule has 0 atom stereocenters. The SMILES string of the molecule is O=C(NCCSCc1ccccc1)Nc1ccc(Cl)nc1. The molecule has 1 aromatic heterocycles. The Kier molecular flexibility index (Phi) is 6.37. The van der Waals surface area contributed by atoms with Crippen LogP contribution in [0.15, 0.2) is 48.7 Å². The van der Waals surface area contributed by atoms with Crippen LogP contribution in [0.25, 0.3) is 0 Å². The number of hydrogen-bond donors (Lipinski definition) is 2. The maximum atomic E-state index is 11.6. The van der Waals surface area contributed by atoms with Crippen LogP contribution in [0.4, 0.5) is 10.5 Å². The molecule has 2 amide bonds. The van der Waals surface area contributed by atoms with Crippen LogP contribution in [0, 0.1) is 0 Å². The highest BCUT2D eigenvalue weighted by Gasteiger charge is 2.01. The zero-order valence-electron chi connectivity index (χ0n) is 11.4. The summed E-state index contributed by atoms with van der Waals surface area (Å²) in [4.78, 5) is 15.5. The second-order valence-corrected chi connectivity index (χ2v) is 5.78. The van der Waals surface area contributed by atoms with Gasteiger partial charge in [-0.05, 0) is 17.7 Å². The third-order valence-corrected chi connectivity index (χ3v) is 3.88. The summed E-state index contributed by atoms with van der Waals surface area (Å²) in [5.41, 5.74) is 1.91. The van der Waals surface area contributed by atoms with E-state index < -0.39 is 0 Å². The highest BCUT2D eigenvalue weighted by Crippen LogP contribution is 2.11. The third-order valence-electron chi connectivity index (χ3n) is 2.63. The number of hydrogen-bond acceptors (Lipinski definition) is 3. The van der Waals surface area contributed by atoms with Gasteiger partial charge < -0.3 is 10.6 Å². The van der Waals surface area contributed by atoms with E-state index in [9.17, 15) is 4.79 Å². The highest BCUT2D eigenvalue weighted by atomic mass is 35.5. The van der Waals surface area contributed by atoms with E-state index in [4.69, 9.17) is 11.6 Å². The maximum Gasteiger partial charge on any atom is 0.319 e. The Morgan fingerprint density at radius 1 is 1.19 bits per heavy atom. The van der Waals surface area contributed by atoms with E-state index in [0.717, 1.165) is 11.5 Å². The minimum atomic E-state index is -0.237. The second-order valence-electron chi connectivity index (χ2n) is 4.29. The molecule has 2 N–H and O–H groups in total. The molecule has 2 aromatic rings. The summed E-state index contributed by atoms with van der Waals surface area (Å²) < 4.78 is 0. The van der Waals surface area contributed by atoms with Crippen LogP contribution < -0.4 is 10.6 Å². The number of benzene rings is 1. The average molecular weight is 322 g/mol. The van der Waals surface area contributed by atoms with E-state index in [0.29, 0.717) is 17.4 Å². The van der Waals surface area contributed by atoms with Crippen LogP contribution in [0.5, 0.6) is 0 Å². The summed E-state index contributed by atoms with van der Waals surface area (Å²) in [5, 5.41) is 5.90. The number of carbonyl (C=O) groups excluding carboxylic acids is 1. The molecule has 0 aliphatic heterocycles. The molecule has 1 aromatic carbocycles. The highest BCUT2D eigenvalue weighted by molar-refractivity contribution is 7.98. The molecule has 0 spiro atoms. The molecule has 2 rings (SSSR count). The van der Waals surface area contributed by atoms with Crippen molar-refractivity contribution in [3.05, 3.63) is 59.4 Å². The van der Waals surface area contributed by atoms with Gasteiger partial charge in [0, 0.05) is 18.1 Å². The summed E-state index contributed by atoms with van der Waals surface area (Å²) >= 11 is 7.46. The Hall–Kier alpha value is -1.72. The molecule has 110 valence electrons. The van der Waals surface area contributed by atoms with E-state index in [1.165, 1.54) is 11.8 Å². The van der Waals surface area contributed by atoms with Gasteiger partial charge in [-0.15, -0.1) is 0 Å². The lowest BCUT2D eigenvalue weighted by molar-refractivity contribution is 0.252. The number of thioether (sulfide) groups is 1. The van der Waals surface area contributed by atoms with Crippen LogP contribution >= 0.6 is 23.4 Å². The first kappa shape index (κ1) is 15.7. The van der Waals surface area contributed by atoms with Crippen molar-refractivity contribution in [3.63, 3.8) is 0 Å². The molecular formula is C15H16ClN3OS. The number of pyridine rings is 1. The van der Waals surface area contributed by atoms with Gasteiger partial charge in [-0.25, -0.2) is 9.78 Å². The van der Waals surface area contributed by atoms with Crippen molar-refractivity contribution >= 4 is 35.1 Å². The number of urea groups is 1. The number of anilines is 1. The normalized spacial score (nSPS) is 10.1. The molecule has 0 radical (unpaired) electrons. The quantitative estimate of drug-likeness (QED) is 0.628. The minimum Gasteiger partial charge on any atom is -0.337 e. The van der Waals surface area contributed by atoms with E-state index in [2.05, 4.69) is 27.8 Å². The van der Waals surface area contributed by atoms with Gasteiger partial charge in [0.05, 0.1) is 11.9 Å². The fourth-order valence-corrected chi connectivity index (χ4v) is 2.56. The van der Waals surface area contributed by atoms with Crippen LogP contribution in [0.1, 0.15) is 5.56 Å². The summed E-state index contributed by atoms with van der Waals surface area (Å²) in [5.74, 6) is 1.81. The first-order valence-electron chi connectivity index (χ1n) is 6.52. The van der Waals surface area contributed by atoms with E-state index >= 15 is 0 Å². The predicted molar refractivity (Wildman–Crippen MR) is 88.9 cm³/mol. The molecule has 0 aliphatic carbocycles. The fraction of sp³-hybridized carbons (Fsp3) is 0.200. The van der Waals surface area contributed by atoms with Gasteiger partial charge in [-0.1, -0.05) is 41.9 Å². The van der Waals surface area contributed by atoms with Crippen LogP contribution in [0.3, 0.4) is 0 Å². The Morgan fingerprint density at radius 3 is 2.71 bits per heavy atom. The molecule has 4 nitrogen and oxygen atoms in total. The summed E-state index contributed by atoms with van der Waals surface area (Å²) in [6, 6.07) is 13.4. The first-order chi connectivity index (χ1) is 10.2. The molecular weight excluding hydrogens is 306 g/mol. The maximum absolute atomic E-state index is 11.6. The Labute approximate surface area is 133 Å². The van der Waals surface area contributed by atoms with E-state index in [1.807, 2.05) is 18.2 Å². The van der Waals surface area contributed by atoms with E-state index in [-0.39, 0.29) is 6.03 Å². The lowest BCUT2D eigenvalue weighted by Crippen LogP contribution is -2.30. The number of carbonyl (C=O) groups is 1. The smallest absolute Gasteiger partial charge is 0.319 e. The van der Waals surface area contributed by atoms with Crippen molar-refractivity contribution < 1.29 is 4.79 Å². The van der Waals surface area contributed by atoms with Gasteiger partial charge in [0.25, 0.3) is 0 Å². The standard InChI is InChI=1S/C15H16ClN3OS/c16-14-7-6-13(10-18-14)19-15(20)17-8-9-21-11-12-4-2-1-3-5-12/h1-7,10H,8-9,11H2,(H2,17,19,20). The largest absolute Gasteiger partial charge is 0.337 e. The monoisotopic (exact) mass is 321 g/mol. The van der Waals surface area contributed by atoms with Crippen molar-refractivity contribution in [1.82, 2.24) is 10.3 Å². The number of halogens is 1. The number of nitrogens with zero attached hydrogens (tertiary/aromatic N) is 1. The Bertz CT molecular complexity index is 563. The Morgan fingerprint density at radius 2 is 2.00 bits per heavy atom. The molecule has 1 heterocycles. The van der Waals surface area contributed by atoms with Gasteiger partial charge >= 0.3 is 6.03 Å². The second kappa shape index (κ2) is 8.54. The van der Waals surface area contributed by atoms with Crippen molar-refractivity contribution in [1.29, 1.82) is 0 Å². The van der Waals surface area contributed by atoms with Crippen LogP contribution in [-0.4, -0.2) is 23.3 Å². The van der Waals surface area contributed by atoms with Crippen LogP contribution in [-0.2, 0) is 5.75 Å². The fourth-order valence-electron chi connectivity index (χ4n) is 1.63. The topological polar surface area (TPSA) is 54.0 Å². The van der Waals surface area contributed by atoms with Gasteiger partial charge in [-0.2, -0.15) is 11.8 Å². The Balaban J connectivity index is 1.60.